The molecule has 3 aromatic rings. The van der Waals surface area contributed by atoms with Crippen molar-refractivity contribution in [1.29, 1.82) is 0 Å². The maximum atomic E-state index is 6.06. The van der Waals surface area contributed by atoms with Gasteiger partial charge in [0.15, 0.2) is 0 Å². The number of halogens is 2. The quantitative estimate of drug-likeness (QED) is 0.768. The predicted octanol–water partition coefficient (Wildman–Crippen LogP) is 4.06. The Balaban J connectivity index is 2.01. The van der Waals surface area contributed by atoms with Crippen molar-refractivity contribution in [2.45, 2.75) is 6.92 Å². The molecule has 0 unspecified atom stereocenters. The SMILES string of the molecule is Cc1cc(-c2noc(-c3cc(Cl)sc3Cl)n2)cnc1N. The molecule has 3 aromatic heterocycles. The number of pyridine rings is 1. The minimum atomic E-state index is 0.322. The van der Waals surface area contributed by atoms with E-state index >= 15 is 0 Å². The van der Waals surface area contributed by atoms with Crippen molar-refractivity contribution in [3.05, 3.63) is 32.6 Å². The van der Waals surface area contributed by atoms with Crippen LogP contribution in [0, 0.1) is 6.92 Å². The van der Waals surface area contributed by atoms with E-state index in [0.29, 0.717) is 31.8 Å². The third kappa shape index (κ3) is 2.37. The van der Waals surface area contributed by atoms with Crippen LogP contribution in [-0.4, -0.2) is 15.1 Å². The lowest BCUT2D eigenvalue weighted by Gasteiger charge is -1.99. The second-order valence-electron chi connectivity index (χ2n) is 4.09. The van der Waals surface area contributed by atoms with Crippen LogP contribution >= 0.6 is 34.5 Å². The first-order valence-electron chi connectivity index (χ1n) is 5.56. The van der Waals surface area contributed by atoms with Crippen LogP contribution in [0.15, 0.2) is 22.9 Å². The molecule has 3 rings (SSSR count). The van der Waals surface area contributed by atoms with Gasteiger partial charge in [-0.25, -0.2) is 4.98 Å². The number of anilines is 1. The maximum Gasteiger partial charge on any atom is 0.260 e. The normalized spacial score (nSPS) is 10.9. The molecule has 0 saturated carbocycles. The van der Waals surface area contributed by atoms with Crippen LogP contribution in [-0.2, 0) is 0 Å². The molecule has 0 aromatic carbocycles. The number of nitrogens with two attached hydrogens (primary N) is 1. The molecule has 0 amide bonds. The van der Waals surface area contributed by atoms with Crippen LogP contribution in [0.3, 0.4) is 0 Å². The summed E-state index contributed by atoms with van der Waals surface area (Å²) in [6.07, 6.45) is 1.60. The van der Waals surface area contributed by atoms with Crippen molar-refractivity contribution in [2.24, 2.45) is 0 Å². The molecule has 0 atom stereocenters. The number of hydrogen-bond acceptors (Lipinski definition) is 6. The summed E-state index contributed by atoms with van der Waals surface area (Å²) in [5.74, 6) is 1.22. The van der Waals surface area contributed by atoms with E-state index in [-0.39, 0.29) is 0 Å². The zero-order valence-corrected chi connectivity index (χ0v) is 12.6. The first-order valence-corrected chi connectivity index (χ1v) is 7.13. The number of nitrogen functional groups attached to an aromatic ring is 1. The third-order valence-electron chi connectivity index (χ3n) is 2.69. The van der Waals surface area contributed by atoms with E-state index in [2.05, 4.69) is 15.1 Å². The number of hydrogen-bond donors (Lipinski definition) is 1. The highest BCUT2D eigenvalue weighted by atomic mass is 35.5. The van der Waals surface area contributed by atoms with E-state index in [1.807, 2.05) is 13.0 Å². The van der Waals surface area contributed by atoms with E-state index in [0.717, 1.165) is 11.1 Å². The fourth-order valence-electron chi connectivity index (χ4n) is 1.64. The summed E-state index contributed by atoms with van der Waals surface area (Å²) in [5, 5.41) is 3.92. The second kappa shape index (κ2) is 5.05. The summed E-state index contributed by atoms with van der Waals surface area (Å²) in [5.41, 5.74) is 7.88. The van der Waals surface area contributed by atoms with E-state index in [1.54, 1.807) is 12.3 Å². The van der Waals surface area contributed by atoms with Crippen molar-refractivity contribution in [3.63, 3.8) is 0 Å². The van der Waals surface area contributed by atoms with Gasteiger partial charge >= 0.3 is 0 Å². The first-order chi connectivity index (χ1) is 9.54. The summed E-state index contributed by atoms with van der Waals surface area (Å²) in [7, 11) is 0. The molecule has 8 heteroatoms. The number of rotatable bonds is 2. The molecule has 0 radical (unpaired) electrons. The van der Waals surface area contributed by atoms with E-state index in [4.69, 9.17) is 33.5 Å². The molecule has 0 aliphatic rings. The van der Waals surface area contributed by atoms with Gasteiger partial charge in [-0.1, -0.05) is 28.4 Å². The zero-order chi connectivity index (χ0) is 14.3. The molecule has 102 valence electrons. The lowest BCUT2D eigenvalue weighted by molar-refractivity contribution is 0.432. The molecule has 0 saturated heterocycles. The zero-order valence-electron chi connectivity index (χ0n) is 10.2. The second-order valence-corrected chi connectivity index (χ2v) is 6.37. The molecule has 5 nitrogen and oxygen atoms in total. The fraction of sp³-hybridized carbons (Fsp3) is 0.0833. The van der Waals surface area contributed by atoms with Gasteiger partial charge in [0.2, 0.25) is 5.82 Å². The predicted molar refractivity (Wildman–Crippen MR) is 80.0 cm³/mol. The van der Waals surface area contributed by atoms with Gasteiger partial charge < -0.3 is 10.3 Å². The topological polar surface area (TPSA) is 77.8 Å². The first kappa shape index (κ1) is 13.4. The Morgan fingerprint density at radius 3 is 2.75 bits per heavy atom. The Labute approximate surface area is 128 Å². The lowest BCUT2D eigenvalue weighted by atomic mass is 10.2. The van der Waals surface area contributed by atoms with Crippen LogP contribution < -0.4 is 5.73 Å². The Morgan fingerprint density at radius 2 is 2.10 bits per heavy atom. The Morgan fingerprint density at radius 1 is 1.30 bits per heavy atom. The van der Waals surface area contributed by atoms with Gasteiger partial charge in [0.1, 0.15) is 10.2 Å². The Hall–Kier alpha value is -1.63. The van der Waals surface area contributed by atoms with E-state index < -0.39 is 0 Å². The van der Waals surface area contributed by atoms with Crippen LogP contribution in [0.25, 0.3) is 22.8 Å². The van der Waals surface area contributed by atoms with Crippen LogP contribution in [0.5, 0.6) is 0 Å². The highest BCUT2D eigenvalue weighted by Crippen LogP contribution is 2.37. The standard InChI is InChI=1S/C12H8Cl2N4OS/c1-5-2-6(4-16-10(5)15)11-17-12(19-18-11)7-3-8(13)20-9(7)14/h2-4H,1H3,(H2,15,16). The van der Waals surface area contributed by atoms with Gasteiger partial charge in [-0.15, -0.1) is 11.3 Å². The Bertz CT molecular complexity index is 784. The van der Waals surface area contributed by atoms with Crippen molar-refractivity contribution < 1.29 is 4.52 Å². The van der Waals surface area contributed by atoms with Crippen LogP contribution in [0.4, 0.5) is 5.82 Å². The van der Waals surface area contributed by atoms with Gasteiger partial charge in [0, 0.05) is 11.8 Å². The summed E-state index contributed by atoms with van der Waals surface area (Å²) in [4.78, 5) is 8.37. The monoisotopic (exact) mass is 326 g/mol. The maximum absolute atomic E-state index is 6.06. The van der Waals surface area contributed by atoms with Crippen LogP contribution in [0.1, 0.15) is 5.56 Å². The van der Waals surface area contributed by atoms with Gasteiger partial charge in [0.25, 0.3) is 5.89 Å². The summed E-state index contributed by atoms with van der Waals surface area (Å²) in [6, 6.07) is 3.54. The van der Waals surface area contributed by atoms with Gasteiger partial charge in [-0.05, 0) is 24.6 Å². The Kier molecular flexibility index (Phi) is 3.37. The third-order valence-corrected chi connectivity index (χ3v) is 4.18. The molecule has 0 aliphatic heterocycles. The summed E-state index contributed by atoms with van der Waals surface area (Å²) in [6.45, 7) is 1.86. The highest BCUT2D eigenvalue weighted by Gasteiger charge is 2.16. The van der Waals surface area contributed by atoms with Crippen LogP contribution in [0.2, 0.25) is 8.67 Å². The van der Waals surface area contributed by atoms with Gasteiger partial charge in [-0.3, -0.25) is 0 Å². The van der Waals surface area contributed by atoms with Crippen molar-refractivity contribution in [1.82, 2.24) is 15.1 Å². The molecule has 3 heterocycles. The largest absolute Gasteiger partial charge is 0.383 e. The number of thiophene rings is 1. The number of aromatic nitrogens is 3. The summed E-state index contributed by atoms with van der Waals surface area (Å²) < 4.78 is 6.29. The molecule has 20 heavy (non-hydrogen) atoms. The molecule has 0 aliphatic carbocycles. The lowest BCUT2D eigenvalue weighted by Crippen LogP contribution is -1.94. The fourth-order valence-corrected chi connectivity index (χ4v) is 3.09. The van der Waals surface area contributed by atoms with Crippen molar-refractivity contribution in [3.8, 4) is 22.8 Å². The molecular formula is C12H8Cl2N4OS. The molecular weight excluding hydrogens is 319 g/mol. The molecule has 0 bridgehead atoms. The number of nitrogens with zero attached hydrogens (tertiary/aromatic N) is 3. The van der Waals surface area contributed by atoms with E-state index in [9.17, 15) is 0 Å². The number of aryl methyl sites for hydroxylation is 1. The summed E-state index contributed by atoms with van der Waals surface area (Å²) >= 11 is 13.2. The van der Waals surface area contributed by atoms with Crippen molar-refractivity contribution >= 4 is 40.4 Å². The average molecular weight is 327 g/mol. The smallest absolute Gasteiger partial charge is 0.260 e. The minimum absolute atomic E-state index is 0.322. The minimum Gasteiger partial charge on any atom is -0.383 e. The van der Waals surface area contributed by atoms with Crippen molar-refractivity contribution in [2.75, 3.05) is 5.73 Å². The molecule has 0 spiro atoms. The van der Waals surface area contributed by atoms with Gasteiger partial charge in [0.05, 0.1) is 9.90 Å². The van der Waals surface area contributed by atoms with Gasteiger partial charge in [-0.2, -0.15) is 4.98 Å². The molecule has 2 N–H and O–H groups in total. The van der Waals surface area contributed by atoms with E-state index in [1.165, 1.54) is 11.3 Å². The molecule has 0 fully saturated rings. The highest BCUT2D eigenvalue weighted by molar-refractivity contribution is 7.20. The average Bonchev–Trinajstić information content (AvgIpc) is 2.99.